The van der Waals surface area contributed by atoms with Gasteiger partial charge < -0.3 is 15.5 Å². The number of hydrogen-bond acceptors (Lipinski definition) is 4. The van der Waals surface area contributed by atoms with Crippen molar-refractivity contribution < 1.29 is 0 Å². The second kappa shape index (κ2) is 9.82. The molecule has 0 unspecified atom stereocenters. The van der Waals surface area contributed by atoms with Gasteiger partial charge in [0, 0.05) is 50.7 Å². The van der Waals surface area contributed by atoms with E-state index >= 15 is 0 Å². The summed E-state index contributed by atoms with van der Waals surface area (Å²) in [6.07, 6.45) is 0. The second-order valence-corrected chi connectivity index (χ2v) is 6.51. The van der Waals surface area contributed by atoms with Gasteiger partial charge in [0.25, 0.3) is 0 Å². The van der Waals surface area contributed by atoms with Crippen LogP contribution in [-0.2, 0) is 6.54 Å². The third-order valence-corrected chi connectivity index (χ3v) is 4.81. The number of rotatable bonds is 7. The maximum Gasteiger partial charge on any atom is 0.191 e. The van der Waals surface area contributed by atoms with Crippen LogP contribution < -0.4 is 10.6 Å². The van der Waals surface area contributed by atoms with Crippen molar-refractivity contribution in [2.75, 3.05) is 52.4 Å². The number of thiophene rings is 1. The van der Waals surface area contributed by atoms with E-state index in [1.165, 1.54) is 37.6 Å². The monoisotopic (exact) mass is 323 g/mol. The van der Waals surface area contributed by atoms with Gasteiger partial charge in [0.2, 0.25) is 0 Å². The van der Waals surface area contributed by atoms with Gasteiger partial charge in [0.15, 0.2) is 5.96 Å². The quantitative estimate of drug-likeness (QED) is 0.589. The maximum atomic E-state index is 4.64. The number of likely N-dealkylation sites (N-methyl/N-ethyl adjacent to an activating group) is 1. The summed E-state index contributed by atoms with van der Waals surface area (Å²) in [6, 6.07) is 4.21. The third-order valence-electron chi connectivity index (χ3n) is 3.95. The highest BCUT2D eigenvalue weighted by atomic mass is 32.1. The van der Waals surface area contributed by atoms with E-state index in [1.54, 1.807) is 11.3 Å². The first-order valence-corrected chi connectivity index (χ1v) is 9.19. The molecular weight excluding hydrogens is 294 g/mol. The van der Waals surface area contributed by atoms with Gasteiger partial charge >= 0.3 is 0 Å². The van der Waals surface area contributed by atoms with Crippen molar-refractivity contribution in [3.05, 3.63) is 22.4 Å². The standard InChI is InChI=1S/C16H29N5S/c1-3-17-16(19-14-15-6-5-13-22-15)18-7-8-21-11-9-20(4-2)10-12-21/h5-6,13H,3-4,7-12,14H2,1-2H3,(H2,17,18,19). The molecule has 0 radical (unpaired) electrons. The second-order valence-electron chi connectivity index (χ2n) is 5.48. The van der Waals surface area contributed by atoms with E-state index in [2.05, 4.69) is 56.8 Å². The molecule has 2 N–H and O–H groups in total. The number of guanidine groups is 1. The van der Waals surface area contributed by atoms with Crippen LogP contribution in [0.1, 0.15) is 18.7 Å². The number of nitrogens with zero attached hydrogens (tertiary/aromatic N) is 3. The lowest BCUT2D eigenvalue weighted by Gasteiger charge is -2.34. The molecule has 1 aliphatic rings. The Morgan fingerprint density at radius 1 is 1.18 bits per heavy atom. The Balaban J connectivity index is 1.69. The molecule has 1 fully saturated rings. The van der Waals surface area contributed by atoms with Crippen LogP contribution in [0.4, 0.5) is 0 Å². The van der Waals surface area contributed by atoms with E-state index in [4.69, 9.17) is 0 Å². The molecule has 0 bridgehead atoms. The highest BCUT2D eigenvalue weighted by Gasteiger charge is 2.14. The molecule has 1 aromatic heterocycles. The smallest absolute Gasteiger partial charge is 0.191 e. The molecule has 0 aliphatic carbocycles. The topological polar surface area (TPSA) is 42.9 Å². The molecule has 124 valence electrons. The van der Waals surface area contributed by atoms with Gasteiger partial charge in [-0.15, -0.1) is 11.3 Å². The summed E-state index contributed by atoms with van der Waals surface area (Å²) in [7, 11) is 0. The fraction of sp³-hybridized carbons (Fsp3) is 0.688. The summed E-state index contributed by atoms with van der Waals surface area (Å²) in [5, 5.41) is 8.86. The van der Waals surface area contributed by atoms with Crippen LogP contribution in [0.15, 0.2) is 22.5 Å². The molecule has 0 spiro atoms. The van der Waals surface area contributed by atoms with Crippen molar-refractivity contribution in [1.29, 1.82) is 0 Å². The first-order chi connectivity index (χ1) is 10.8. The Bertz CT molecular complexity index is 424. The molecule has 1 aromatic rings. The number of aliphatic imine (C=N–C) groups is 1. The Morgan fingerprint density at radius 2 is 1.95 bits per heavy atom. The van der Waals surface area contributed by atoms with Crippen molar-refractivity contribution in [1.82, 2.24) is 20.4 Å². The molecule has 5 nitrogen and oxygen atoms in total. The SMILES string of the molecule is CCNC(=NCc1cccs1)NCCN1CCN(CC)CC1. The zero-order chi connectivity index (χ0) is 15.6. The maximum absolute atomic E-state index is 4.64. The van der Waals surface area contributed by atoms with Crippen LogP contribution in [0, 0.1) is 0 Å². The minimum absolute atomic E-state index is 0.752. The predicted molar refractivity (Wildman–Crippen MR) is 95.7 cm³/mol. The average Bonchev–Trinajstić information content (AvgIpc) is 3.06. The fourth-order valence-electron chi connectivity index (χ4n) is 2.56. The van der Waals surface area contributed by atoms with Crippen molar-refractivity contribution >= 4 is 17.3 Å². The van der Waals surface area contributed by atoms with Gasteiger partial charge in [-0.25, -0.2) is 4.99 Å². The van der Waals surface area contributed by atoms with E-state index in [0.717, 1.165) is 32.1 Å². The normalized spacial score (nSPS) is 17.6. The summed E-state index contributed by atoms with van der Waals surface area (Å²) in [5.74, 6) is 0.920. The first kappa shape index (κ1) is 17.2. The third kappa shape index (κ3) is 5.94. The minimum Gasteiger partial charge on any atom is -0.357 e. The van der Waals surface area contributed by atoms with E-state index in [0.29, 0.717) is 0 Å². The lowest BCUT2D eigenvalue weighted by atomic mass is 10.3. The lowest BCUT2D eigenvalue weighted by Crippen LogP contribution is -2.49. The van der Waals surface area contributed by atoms with E-state index < -0.39 is 0 Å². The van der Waals surface area contributed by atoms with Crippen molar-refractivity contribution in [2.24, 2.45) is 4.99 Å². The van der Waals surface area contributed by atoms with Crippen LogP contribution in [-0.4, -0.2) is 68.1 Å². The molecule has 0 aromatic carbocycles. The summed E-state index contributed by atoms with van der Waals surface area (Å²) < 4.78 is 0. The molecular formula is C16H29N5S. The van der Waals surface area contributed by atoms with Crippen LogP contribution >= 0.6 is 11.3 Å². The van der Waals surface area contributed by atoms with Gasteiger partial charge in [0.1, 0.15) is 0 Å². The highest BCUT2D eigenvalue weighted by Crippen LogP contribution is 2.09. The number of piperazine rings is 1. The van der Waals surface area contributed by atoms with Crippen LogP contribution in [0.25, 0.3) is 0 Å². The average molecular weight is 324 g/mol. The summed E-state index contributed by atoms with van der Waals surface area (Å²) in [5.41, 5.74) is 0. The molecule has 0 atom stereocenters. The summed E-state index contributed by atoms with van der Waals surface area (Å²) in [6.45, 7) is 13.9. The first-order valence-electron chi connectivity index (χ1n) is 8.31. The Kier molecular flexibility index (Phi) is 7.70. The largest absolute Gasteiger partial charge is 0.357 e. The molecule has 0 saturated carbocycles. The molecule has 1 aliphatic heterocycles. The van der Waals surface area contributed by atoms with Gasteiger partial charge in [0.05, 0.1) is 6.54 Å². The lowest BCUT2D eigenvalue weighted by molar-refractivity contribution is 0.139. The molecule has 2 heterocycles. The van der Waals surface area contributed by atoms with Crippen molar-refractivity contribution in [3.8, 4) is 0 Å². The Labute approximate surface area is 138 Å². The van der Waals surface area contributed by atoms with Gasteiger partial charge in [-0.05, 0) is 24.9 Å². The fourth-order valence-corrected chi connectivity index (χ4v) is 3.19. The van der Waals surface area contributed by atoms with E-state index in [9.17, 15) is 0 Å². The number of hydrogen-bond donors (Lipinski definition) is 2. The zero-order valence-corrected chi connectivity index (χ0v) is 14.7. The van der Waals surface area contributed by atoms with Gasteiger partial charge in [-0.2, -0.15) is 0 Å². The van der Waals surface area contributed by atoms with Crippen LogP contribution in [0.3, 0.4) is 0 Å². The Morgan fingerprint density at radius 3 is 2.59 bits per heavy atom. The molecule has 2 rings (SSSR count). The molecule has 0 amide bonds. The minimum atomic E-state index is 0.752. The predicted octanol–water partition coefficient (Wildman–Crippen LogP) is 1.44. The molecule has 22 heavy (non-hydrogen) atoms. The summed E-state index contributed by atoms with van der Waals surface area (Å²) >= 11 is 1.76. The van der Waals surface area contributed by atoms with Gasteiger partial charge in [-0.3, -0.25) is 4.90 Å². The van der Waals surface area contributed by atoms with E-state index in [1.807, 2.05) is 0 Å². The van der Waals surface area contributed by atoms with E-state index in [-0.39, 0.29) is 0 Å². The van der Waals surface area contributed by atoms with Gasteiger partial charge in [-0.1, -0.05) is 13.0 Å². The molecule has 6 heteroatoms. The molecule has 1 saturated heterocycles. The van der Waals surface area contributed by atoms with Crippen LogP contribution in [0.5, 0.6) is 0 Å². The Hall–Kier alpha value is -1.11. The zero-order valence-electron chi connectivity index (χ0n) is 13.8. The number of nitrogens with one attached hydrogen (secondary N) is 2. The summed E-state index contributed by atoms with van der Waals surface area (Å²) in [4.78, 5) is 11.0. The van der Waals surface area contributed by atoms with Crippen molar-refractivity contribution in [2.45, 2.75) is 20.4 Å². The highest BCUT2D eigenvalue weighted by molar-refractivity contribution is 7.09. The van der Waals surface area contributed by atoms with Crippen LogP contribution in [0.2, 0.25) is 0 Å². The van der Waals surface area contributed by atoms with Crippen molar-refractivity contribution in [3.63, 3.8) is 0 Å².